The van der Waals surface area contributed by atoms with Gasteiger partial charge < -0.3 is 19.6 Å². The molecule has 3 saturated heterocycles. The van der Waals surface area contributed by atoms with Crippen LogP contribution in [0.15, 0.2) is 30.3 Å². The molecule has 1 aromatic carbocycles. The number of likely N-dealkylation sites (tertiary alicyclic amines) is 2. The van der Waals surface area contributed by atoms with Crippen LogP contribution in [0.1, 0.15) is 39.5 Å². The highest BCUT2D eigenvalue weighted by Crippen LogP contribution is 2.39. The summed E-state index contributed by atoms with van der Waals surface area (Å²) in [6.07, 6.45) is 3.26. The van der Waals surface area contributed by atoms with Gasteiger partial charge in [-0.05, 0) is 37.8 Å². The Balaban J connectivity index is 1.56. The van der Waals surface area contributed by atoms with Crippen molar-refractivity contribution in [2.45, 2.75) is 45.1 Å². The summed E-state index contributed by atoms with van der Waals surface area (Å²) >= 11 is 0. The van der Waals surface area contributed by atoms with Crippen molar-refractivity contribution in [3.05, 3.63) is 30.3 Å². The fraction of sp³-hybridized carbons (Fsp3) is 0.609. The standard InChI is InChI=1S/C23H32N4O3/c1-18(2)21(29)25-14-10-23(11-15-25)22(30)26(16-20(28)24-12-6-7-13-24)17-27(23)19-8-4-3-5-9-19/h3-5,8-9,18H,6-7,10-17H2,1-2H3. The van der Waals surface area contributed by atoms with Crippen molar-refractivity contribution in [3.8, 4) is 0 Å². The van der Waals surface area contributed by atoms with Gasteiger partial charge in [0.05, 0.1) is 6.67 Å². The van der Waals surface area contributed by atoms with E-state index >= 15 is 0 Å². The number of piperidine rings is 1. The van der Waals surface area contributed by atoms with Crippen molar-refractivity contribution in [1.29, 1.82) is 0 Å². The van der Waals surface area contributed by atoms with Crippen LogP contribution in [0.25, 0.3) is 0 Å². The molecule has 162 valence electrons. The minimum absolute atomic E-state index is 0.0237. The minimum Gasteiger partial charge on any atom is -0.342 e. The molecule has 0 N–H and O–H groups in total. The Hall–Kier alpha value is -2.57. The van der Waals surface area contributed by atoms with Gasteiger partial charge in [-0.1, -0.05) is 32.0 Å². The van der Waals surface area contributed by atoms with Crippen LogP contribution >= 0.6 is 0 Å². The summed E-state index contributed by atoms with van der Waals surface area (Å²) < 4.78 is 0. The summed E-state index contributed by atoms with van der Waals surface area (Å²) in [5, 5.41) is 0. The van der Waals surface area contributed by atoms with E-state index in [0.29, 0.717) is 32.6 Å². The van der Waals surface area contributed by atoms with Crippen LogP contribution in [-0.2, 0) is 14.4 Å². The van der Waals surface area contributed by atoms with E-state index in [2.05, 4.69) is 4.90 Å². The number of nitrogens with zero attached hydrogens (tertiary/aromatic N) is 4. The average Bonchev–Trinajstić information content (AvgIpc) is 3.38. The smallest absolute Gasteiger partial charge is 0.250 e. The number of rotatable bonds is 4. The number of para-hydroxylation sites is 1. The van der Waals surface area contributed by atoms with Crippen LogP contribution in [0.5, 0.6) is 0 Å². The third kappa shape index (κ3) is 3.66. The number of benzene rings is 1. The molecule has 0 unspecified atom stereocenters. The maximum Gasteiger partial charge on any atom is 0.250 e. The first-order valence-electron chi connectivity index (χ1n) is 11.1. The molecule has 0 saturated carbocycles. The van der Waals surface area contributed by atoms with Gasteiger partial charge >= 0.3 is 0 Å². The van der Waals surface area contributed by atoms with E-state index in [1.54, 1.807) is 4.90 Å². The van der Waals surface area contributed by atoms with Gasteiger partial charge in [-0.2, -0.15) is 0 Å². The third-order valence-corrected chi connectivity index (χ3v) is 6.76. The van der Waals surface area contributed by atoms with Gasteiger partial charge in [0.2, 0.25) is 11.8 Å². The third-order valence-electron chi connectivity index (χ3n) is 6.76. The second kappa shape index (κ2) is 8.28. The van der Waals surface area contributed by atoms with Crippen molar-refractivity contribution in [2.24, 2.45) is 5.92 Å². The number of anilines is 1. The Bertz CT molecular complexity index is 796. The normalized spacial score (nSPS) is 21.2. The number of carbonyl (C=O) groups excluding carboxylic acids is 3. The number of carbonyl (C=O) groups is 3. The van der Waals surface area contributed by atoms with Gasteiger partial charge in [-0.3, -0.25) is 14.4 Å². The first-order valence-corrected chi connectivity index (χ1v) is 11.1. The number of hydrogen-bond donors (Lipinski definition) is 0. The zero-order chi connectivity index (χ0) is 21.3. The van der Waals surface area contributed by atoms with Gasteiger partial charge in [-0.15, -0.1) is 0 Å². The van der Waals surface area contributed by atoms with Crippen LogP contribution in [-0.4, -0.2) is 77.4 Å². The highest BCUT2D eigenvalue weighted by molar-refractivity contribution is 5.96. The molecule has 4 rings (SSSR count). The summed E-state index contributed by atoms with van der Waals surface area (Å²) in [5.41, 5.74) is 0.311. The quantitative estimate of drug-likeness (QED) is 0.758. The summed E-state index contributed by atoms with van der Waals surface area (Å²) in [6, 6.07) is 9.96. The molecule has 0 aliphatic carbocycles. The maximum absolute atomic E-state index is 13.6. The SMILES string of the molecule is CC(C)C(=O)N1CCC2(CC1)C(=O)N(CC(=O)N1CCCC1)CN2c1ccccc1. The minimum atomic E-state index is -0.680. The molecule has 3 aliphatic heterocycles. The largest absolute Gasteiger partial charge is 0.342 e. The summed E-state index contributed by atoms with van der Waals surface area (Å²) in [7, 11) is 0. The van der Waals surface area contributed by atoms with E-state index in [9.17, 15) is 14.4 Å². The Labute approximate surface area is 178 Å². The zero-order valence-corrected chi connectivity index (χ0v) is 18.0. The first-order chi connectivity index (χ1) is 14.4. The van der Waals surface area contributed by atoms with Crippen LogP contribution in [0.3, 0.4) is 0 Å². The monoisotopic (exact) mass is 412 g/mol. The molecular weight excluding hydrogens is 380 g/mol. The molecule has 3 amide bonds. The van der Waals surface area contributed by atoms with Crippen molar-refractivity contribution in [2.75, 3.05) is 44.3 Å². The van der Waals surface area contributed by atoms with E-state index in [4.69, 9.17) is 0 Å². The molecule has 3 aliphatic rings. The Morgan fingerprint density at radius 2 is 1.60 bits per heavy atom. The lowest BCUT2D eigenvalue weighted by atomic mass is 9.85. The zero-order valence-electron chi connectivity index (χ0n) is 18.0. The molecule has 0 atom stereocenters. The molecule has 1 aromatic rings. The molecule has 3 heterocycles. The highest BCUT2D eigenvalue weighted by atomic mass is 16.2. The van der Waals surface area contributed by atoms with Gasteiger partial charge in [0.15, 0.2) is 0 Å². The topological polar surface area (TPSA) is 64.2 Å². The molecule has 1 spiro atoms. The van der Waals surface area contributed by atoms with E-state index in [-0.39, 0.29) is 30.2 Å². The molecule has 7 heteroatoms. The molecule has 0 bridgehead atoms. The molecule has 0 aromatic heterocycles. The lowest BCUT2D eigenvalue weighted by Gasteiger charge is -2.43. The van der Waals surface area contributed by atoms with E-state index < -0.39 is 5.54 Å². The Kier molecular flexibility index (Phi) is 5.71. The molecule has 0 radical (unpaired) electrons. The Morgan fingerprint density at radius 3 is 2.20 bits per heavy atom. The number of hydrogen-bond acceptors (Lipinski definition) is 4. The molecule has 3 fully saturated rings. The van der Waals surface area contributed by atoms with E-state index in [1.807, 2.05) is 54.0 Å². The lowest BCUT2D eigenvalue weighted by molar-refractivity contribution is -0.142. The first kappa shape index (κ1) is 20.7. The van der Waals surface area contributed by atoms with Gasteiger partial charge in [-0.25, -0.2) is 0 Å². The highest BCUT2D eigenvalue weighted by Gasteiger charge is 2.54. The summed E-state index contributed by atoms with van der Waals surface area (Å²) in [5.74, 6) is 0.162. The van der Waals surface area contributed by atoms with Crippen molar-refractivity contribution in [1.82, 2.24) is 14.7 Å². The lowest BCUT2D eigenvalue weighted by Crippen LogP contribution is -2.58. The number of amides is 3. The Morgan fingerprint density at radius 1 is 0.967 bits per heavy atom. The predicted molar refractivity (Wildman–Crippen MR) is 115 cm³/mol. The van der Waals surface area contributed by atoms with E-state index in [1.165, 1.54) is 0 Å². The van der Waals surface area contributed by atoms with Crippen molar-refractivity contribution < 1.29 is 14.4 Å². The molecule has 7 nitrogen and oxygen atoms in total. The fourth-order valence-electron chi connectivity index (χ4n) is 5.01. The van der Waals surface area contributed by atoms with Crippen LogP contribution in [0.4, 0.5) is 5.69 Å². The maximum atomic E-state index is 13.6. The van der Waals surface area contributed by atoms with Gasteiger partial charge in [0.25, 0.3) is 5.91 Å². The van der Waals surface area contributed by atoms with Crippen LogP contribution < -0.4 is 4.90 Å². The van der Waals surface area contributed by atoms with Gasteiger partial charge in [0.1, 0.15) is 12.1 Å². The second-order valence-corrected chi connectivity index (χ2v) is 9.01. The van der Waals surface area contributed by atoms with Crippen molar-refractivity contribution in [3.63, 3.8) is 0 Å². The van der Waals surface area contributed by atoms with Crippen LogP contribution in [0.2, 0.25) is 0 Å². The van der Waals surface area contributed by atoms with Crippen molar-refractivity contribution >= 4 is 23.4 Å². The summed E-state index contributed by atoms with van der Waals surface area (Å²) in [6.45, 7) is 7.10. The predicted octanol–water partition coefficient (Wildman–Crippen LogP) is 1.93. The molecular formula is C23H32N4O3. The van der Waals surface area contributed by atoms with Crippen LogP contribution in [0, 0.1) is 5.92 Å². The fourth-order valence-corrected chi connectivity index (χ4v) is 5.01. The van der Waals surface area contributed by atoms with Gasteiger partial charge in [0, 0.05) is 37.8 Å². The second-order valence-electron chi connectivity index (χ2n) is 9.01. The summed E-state index contributed by atoms with van der Waals surface area (Å²) in [4.78, 5) is 46.5. The average molecular weight is 413 g/mol. The van der Waals surface area contributed by atoms with E-state index in [0.717, 1.165) is 31.6 Å². The molecule has 30 heavy (non-hydrogen) atoms.